The molecule has 0 aliphatic rings. The van der Waals surface area contributed by atoms with Gasteiger partial charge in [-0.2, -0.15) is 9.62 Å². The third kappa shape index (κ3) is 3.58. The van der Waals surface area contributed by atoms with Crippen molar-refractivity contribution in [2.24, 2.45) is 5.10 Å². The molecule has 8 nitrogen and oxygen atoms in total. The first-order valence-corrected chi connectivity index (χ1v) is 8.66. The van der Waals surface area contributed by atoms with Crippen molar-refractivity contribution < 1.29 is 9.84 Å². The number of phenols is 1. The first-order valence-electron chi connectivity index (χ1n) is 8.28. The van der Waals surface area contributed by atoms with Crippen LogP contribution in [-0.4, -0.2) is 38.2 Å². The molecule has 9 heteroatoms. The van der Waals surface area contributed by atoms with E-state index < -0.39 is 0 Å². The minimum atomic E-state index is 0.0714. The van der Waals surface area contributed by atoms with Gasteiger partial charge >= 0.3 is 0 Å². The van der Waals surface area contributed by atoms with Crippen LogP contribution >= 0.6 is 11.6 Å². The molecule has 0 aliphatic heterocycles. The Hall–Kier alpha value is -3.65. The van der Waals surface area contributed by atoms with Crippen molar-refractivity contribution in [3.63, 3.8) is 0 Å². The van der Waals surface area contributed by atoms with Gasteiger partial charge in [0.05, 0.1) is 13.3 Å². The average Bonchev–Trinajstić information content (AvgIpc) is 3.13. The number of phenolic OH excluding ortho intramolecular Hbond substituents is 1. The molecule has 2 aromatic carbocycles. The number of hydrazone groups is 1. The lowest BCUT2D eigenvalue weighted by Gasteiger charge is -2.04. The van der Waals surface area contributed by atoms with Gasteiger partial charge in [-0.15, -0.1) is 15.3 Å². The second kappa shape index (κ2) is 7.53. The lowest BCUT2D eigenvalue weighted by atomic mass is 10.2. The number of ether oxygens (including phenoxy) is 1. The van der Waals surface area contributed by atoms with Crippen molar-refractivity contribution in [2.45, 2.75) is 0 Å². The molecule has 28 heavy (non-hydrogen) atoms. The maximum atomic E-state index is 9.64. The number of fused-ring (bicyclic) bond motifs is 1. The van der Waals surface area contributed by atoms with Crippen molar-refractivity contribution in [1.29, 1.82) is 0 Å². The quantitative estimate of drug-likeness (QED) is 0.396. The molecule has 0 radical (unpaired) electrons. The standard InChI is InChI=1S/C19H15ClN6O2/c1-28-16-10-12(2-7-15(16)27)11-21-22-17-8-9-18-23-24-19(26(18)25-17)13-3-5-14(20)6-4-13/h2-11,27H,1H3,(H,22,25). The van der Waals surface area contributed by atoms with E-state index >= 15 is 0 Å². The molecule has 0 unspecified atom stereocenters. The summed E-state index contributed by atoms with van der Waals surface area (Å²) in [5, 5.41) is 27.3. The second-order valence-corrected chi connectivity index (χ2v) is 6.26. The van der Waals surface area contributed by atoms with Crippen molar-refractivity contribution >= 4 is 29.3 Å². The number of rotatable bonds is 5. The number of methoxy groups -OCH3 is 1. The fraction of sp³-hybridized carbons (Fsp3) is 0.0526. The number of nitrogens with one attached hydrogen (secondary N) is 1. The number of hydrogen-bond donors (Lipinski definition) is 2. The summed E-state index contributed by atoms with van der Waals surface area (Å²) in [6.07, 6.45) is 1.60. The lowest BCUT2D eigenvalue weighted by molar-refractivity contribution is 0.373. The molecule has 0 saturated carbocycles. The fourth-order valence-corrected chi connectivity index (χ4v) is 2.70. The van der Waals surface area contributed by atoms with Crippen LogP contribution in [0.3, 0.4) is 0 Å². The molecule has 0 aliphatic carbocycles. The van der Waals surface area contributed by atoms with E-state index in [0.717, 1.165) is 11.1 Å². The zero-order valence-electron chi connectivity index (χ0n) is 14.7. The summed E-state index contributed by atoms with van der Waals surface area (Å²) in [6, 6.07) is 15.8. The minimum absolute atomic E-state index is 0.0714. The van der Waals surface area contributed by atoms with Crippen LogP contribution in [0.1, 0.15) is 5.56 Å². The van der Waals surface area contributed by atoms with Crippen molar-refractivity contribution in [2.75, 3.05) is 12.5 Å². The van der Waals surface area contributed by atoms with Gasteiger partial charge in [0.25, 0.3) is 0 Å². The summed E-state index contributed by atoms with van der Waals surface area (Å²) < 4.78 is 6.71. The molecule has 0 spiro atoms. The van der Waals surface area contributed by atoms with Gasteiger partial charge in [-0.05, 0) is 60.2 Å². The Labute approximate surface area is 165 Å². The summed E-state index contributed by atoms with van der Waals surface area (Å²) in [7, 11) is 1.49. The third-order valence-corrected chi connectivity index (χ3v) is 4.21. The molecule has 0 saturated heterocycles. The van der Waals surface area contributed by atoms with E-state index in [1.54, 1.807) is 53.2 Å². The van der Waals surface area contributed by atoms with Gasteiger partial charge in [0.2, 0.25) is 0 Å². The molecule has 0 fully saturated rings. The topological polar surface area (TPSA) is 96.9 Å². The van der Waals surface area contributed by atoms with Crippen LogP contribution < -0.4 is 10.2 Å². The molecular formula is C19H15ClN6O2. The second-order valence-electron chi connectivity index (χ2n) is 5.82. The first-order chi connectivity index (χ1) is 13.6. The number of aromatic nitrogens is 4. The summed E-state index contributed by atoms with van der Waals surface area (Å²) >= 11 is 5.95. The Morgan fingerprint density at radius 3 is 2.71 bits per heavy atom. The smallest absolute Gasteiger partial charge is 0.185 e. The van der Waals surface area contributed by atoms with E-state index in [0.29, 0.717) is 28.1 Å². The van der Waals surface area contributed by atoms with Crippen LogP contribution in [0.4, 0.5) is 5.82 Å². The van der Waals surface area contributed by atoms with Crippen LogP contribution in [0.5, 0.6) is 11.5 Å². The van der Waals surface area contributed by atoms with Gasteiger partial charge in [0.1, 0.15) is 0 Å². The van der Waals surface area contributed by atoms with Crippen LogP contribution in [0.25, 0.3) is 17.0 Å². The number of aromatic hydroxyl groups is 1. The number of halogens is 1. The normalized spacial score (nSPS) is 11.2. The van der Waals surface area contributed by atoms with Gasteiger partial charge in [-0.1, -0.05) is 11.6 Å². The Kier molecular flexibility index (Phi) is 4.77. The molecule has 4 rings (SSSR count). The van der Waals surface area contributed by atoms with E-state index in [1.165, 1.54) is 7.11 Å². The van der Waals surface area contributed by atoms with E-state index in [4.69, 9.17) is 16.3 Å². The SMILES string of the molecule is COc1cc(C=NNc2ccc3nnc(-c4ccc(Cl)cc4)n3n2)ccc1O. The van der Waals surface area contributed by atoms with Gasteiger partial charge in [0.15, 0.2) is 28.8 Å². The number of benzene rings is 2. The van der Waals surface area contributed by atoms with Crippen LogP contribution in [0, 0.1) is 0 Å². The van der Waals surface area contributed by atoms with Gasteiger partial charge in [-0.25, -0.2) is 0 Å². The van der Waals surface area contributed by atoms with Crippen molar-refractivity contribution in [3.8, 4) is 22.9 Å². The molecule has 0 amide bonds. The fourth-order valence-electron chi connectivity index (χ4n) is 2.57. The van der Waals surface area contributed by atoms with E-state index in [1.807, 2.05) is 12.1 Å². The highest BCUT2D eigenvalue weighted by Gasteiger charge is 2.10. The predicted molar refractivity (Wildman–Crippen MR) is 107 cm³/mol. The summed E-state index contributed by atoms with van der Waals surface area (Å²) in [5.41, 5.74) is 5.09. The monoisotopic (exact) mass is 394 g/mol. The van der Waals surface area contributed by atoms with Gasteiger partial charge in [-0.3, -0.25) is 5.43 Å². The Balaban J connectivity index is 1.58. The highest BCUT2D eigenvalue weighted by molar-refractivity contribution is 6.30. The van der Waals surface area contributed by atoms with Crippen LogP contribution in [0.15, 0.2) is 59.7 Å². The zero-order chi connectivity index (χ0) is 19.5. The average molecular weight is 395 g/mol. The molecule has 2 N–H and O–H groups in total. The summed E-state index contributed by atoms with van der Waals surface area (Å²) in [5.74, 6) is 1.56. The third-order valence-electron chi connectivity index (χ3n) is 3.96. The largest absolute Gasteiger partial charge is 0.504 e. The van der Waals surface area contributed by atoms with Crippen LogP contribution in [0.2, 0.25) is 5.02 Å². The maximum Gasteiger partial charge on any atom is 0.185 e. The zero-order valence-corrected chi connectivity index (χ0v) is 15.5. The summed E-state index contributed by atoms with van der Waals surface area (Å²) in [6.45, 7) is 0. The minimum Gasteiger partial charge on any atom is -0.504 e. The number of anilines is 1. The van der Waals surface area contributed by atoms with Gasteiger partial charge < -0.3 is 9.84 Å². The molecular weight excluding hydrogens is 380 g/mol. The molecule has 4 aromatic rings. The molecule has 140 valence electrons. The lowest BCUT2D eigenvalue weighted by Crippen LogP contribution is -2.00. The Bertz CT molecular complexity index is 1160. The predicted octanol–water partition coefficient (Wildman–Crippen LogP) is 3.60. The Morgan fingerprint density at radius 1 is 1.11 bits per heavy atom. The Morgan fingerprint density at radius 2 is 1.93 bits per heavy atom. The highest BCUT2D eigenvalue weighted by Crippen LogP contribution is 2.25. The van der Waals surface area contributed by atoms with Gasteiger partial charge in [0, 0.05) is 10.6 Å². The molecule has 0 bridgehead atoms. The van der Waals surface area contributed by atoms with Crippen LogP contribution in [-0.2, 0) is 0 Å². The van der Waals surface area contributed by atoms with E-state index in [9.17, 15) is 5.11 Å². The molecule has 0 atom stereocenters. The van der Waals surface area contributed by atoms with Crippen molar-refractivity contribution in [3.05, 3.63) is 65.2 Å². The highest BCUT2D eigenvalue weighted by atomic mass is 35.5. The number of nitrogens with zero attached hydrogens (tertiary/aromatic N) is 5. The number of hydrogen-bond acceptors (Lipinski definition) is 7. The summed E-state index contributed by atoms with van der Waals surface area (Å²) in [4.78, 5) is 0. The molecule has 2 heterocycles. The van der Waals surface area contributed by atoms with E-state index in [2.05, 4.69) is 25.8 Å². The first kappa shape index (κ1) is 17.7. The van der Waals surface area contributed by atoms with Crippen molar-refractivity contribution in [1.82, 2.24) is 19.8 Å². The van der Waals surface area contributed by atoms with E-state index in [-0.39, 0.29) is 5.75 Å². The maximum absolute atomic E-state index is 9.64. The molecule has 2 aromatic heterocycles.